The van der Waals surface area contributed by atoms with Crippen LogP contribution < -0.4 is 5.32 Å². The highest BCUT2D eigenvalue weighted by Crippen LogP contribution is 2.50. The molecule has 0 saturated carbocycles. The van der Waals surface area contributed by atoms with E-state index in [1.165, 1.54) is 18.2 Å². The van der Waals surface area contributed by atoms with Crippen LogP contribution >= 0.6 is 23.2 Å². The lowest BCUT2D eigenvalue weighted by Gasteiger charge is -2.29. The largest absolute Gasteiger partial charge is 0.435 e. The molecule has 2 heterocycles. The first-order valence-electron chi connectivity index (χ1n) is 10.6. The van der Waals surface area contributed by atoms with Crippen molar-refractivity contribution in [3.8, 4) is 0 Å². The number of halogens is 6. The van der Waals surface area contributed by atoms with Gasteiger partial charge in [0.25, 0.3) is 11.5 Å². The number of carbonyl (C=O) groups excluding carboxylic acids is 1. The Labute approximate surface area is 219 Å². The zero-order chi connectivity index (χ0) is 27.3. The van der Waals surface area contributed by atoms with E-state index in [-0.39, 0.29) is 30.0 Å². The minimum atomic E-state index is -4.96. The van der Waals surface area contributed by atoms with Gasteiger partial charge in [0.1, 0.15) is 0 Å². The Bertz CT molecular complexity index is 1380. The van der Waals surface area contributed by atoms with Crippen LogP contribution in [0.5, 0.6) is 0 Å². The van der Waals surface area contributed by atoms with Crippen molar-refractivity contribution in [3.63, 3.8) is 0 Å². The van der Waals surface area contributed by atoms with Gasteiger partial charge in [-0.2, -0.15) is 13.2 Å². The number of hydrogen-bond acceptors (Lipinski definition) is 6. The van der Waals surface area contributed by atoms with Crippen molar-refractivity contribution in [1.29, 1.82) is 0 Å². The van der Waals surface area contributed by atoms with Crippen LogP contribution in [-0.2, 0) is 25.3 Å². The normalized spacial score (nSPS) is 22.6. The Morgan fingerprint density at radius 2 is 1.86 bits per heavy atom. The number of amides is 1. The molecule has 0 spiro atoms. The van der Waals surface area contributed by atoms with Crippen LogP contribution in [0.15, 0.2) is 35.5 Å². The van der Waals surface area contributed by atoms with Crippen molar-refractivity contribution in [2.24, 2.45) is 5.16 Å². The van der Waals surface area contributed by atoms with Gasteiger partial charge in [-0.15, -0.1) is 0 Å². The first-order chi connectivity index (χ1) is 17.1. The number of nitrogens with zero attached hydrogens (tertiary/aromatic N) is 2. The number of sulfonamides is 1. The lowest BCUT2D eigenvalue weighted by molar-refractivity contribution is -0.275. The molecule has 1 amide bonds. The molecule has 0 aromatic heterocycles. The van der Waals surface area contributed by atoms with Crippen LogP contribution in [0.3, 0.4) is 0 Å². The molecule has 2 aromatic carbocycles. The third kappa shape index (κ3) is 5.28. The van der Waals surface area contributed by atoms with Crippen LogP contribution in [-0.4, -0.2) is 56.1 Å². The van der Waals surface area contributed by atoms with Gasteiger partial charge in [0.2, 0.25) is 10.0 Å². The fourth-order valence-electron chi connectivity index (χ4n) is 3.99. The van der Waals surface area contributed by atoms with Gasteiger partial charge < -0.3 is 10.2 Å². The van der Waals surface area contributed by atoms with Crippen LogP contribution in [0.2, 0.25) is 10.0 Å². The van der Waals surface area contributed by atoms with E-state index in [1.807, 2.05) is 0 Å². The predicted octanol–water partition coefficient (Wildman–Crippen LogP) is 4.33. The molecule has 15 heteroatoms. The second-order valence-electron chi connectivity index (χ2n) is 8.63. The highest BCUT2D eigenvalue weighted by atomic mass is 35.5. The maximum Gasteiger partial charge on any atom is 0.435 e. The summed E-state index contributed by atoms with van der Waals surface area (Å²) < 4.78 is 80.4. The SMILES string of the molecule is Cc1cc(C2=NO[C@@](c3cc(Cl)c(F)c(Cl)c3)(C(F)(F)F)C2)ccc1C(=O)N[C@H]1CON(S(C)(=O)=O)C1. The van der Waals surface area contributed by atoms with Gasteiger partial charge in [-0.1, -0.05) is 38.9 Å². The van der Waals surface area contributed by atoms with E-state index in [9.17, 15) is 30.8 Å². The molecular formula is C22H19Cl2F4N3O5S. The van der Waals surface area contributed by atoms with Crippen LogP contribution in [0, 0.1) is 12.7 Å². The summed E-state index contributed by atoms with van der Waals surface area (Å²) in [5.41, 5.74) is -2.59. The summed E-state index contributed by atoms with van der Waals surface area (Å²) in [7, 11) is -3.58. The topological polar surface area (TPSA) is 97.3 Å². The van der Waals surface area contributed by atoms with E-state index in [0.717, 1.165) is 22.9 Å². The van der Waals surface area contributed by atoms with Gasteiger partial charge in [0.05, 0.1) is 41.2 Å². The van der Waals surface area contributed by atoms with Crippen molar-refractivity contribution in [2.45, 2.75) is 31.2 Å². The van der Waals surface area contributed by atoms with Gasteiger partial charge in [0, 0.05) is 17.5 Å². The van der Waals surface area contributed by atoms with E-state index >= 15 is 0 Å². The molecule has 1 saturated heterocycles. The van der Waals surface area contributed by atoms with Crippen molar-refractivity contribution in [3.05, 3.63) is 68.4 Å². The second-order valence-corrected chi connectivity index (χ2v) is 11.3. The molecule has 4 rings (SSSR count). The number of hydrogen-bond donors (Lipinski definition) is 1. The first-order valence-corrected chi connectivity index (χ1v) is 13.2. The fourth-order valence-corrected chi connectivity index (χ4v) is 5.18. The van der Waals surface area contributed by atoms with Gasteiger partial charge in [0.15, 0.2) is 5.82 Å². The van der Waals surface area contributed by atoms with Gasteiger partial charge >= 0.3 is 6.18 Å². The standard InChI is InChI=1S/C22H19Cl2F4N3O5S/c1-11-5-12(3-4-15(11)20(32)29-14-9-31(35-10-14)37(2,33)34)18-8-21(36-30-18,22(26,27)28)13-6-16(23)19(25)17(24)7-13/h3-7,14H,8-10H2,1-2H3,(H,29,32)/t14-,21+/m1/s1. The molecule has 0 aliphatic carbocycles. The van der Waals surface area contributed by atoms with E-state index in [0.29, 0.717) is 5.56 Å². The summed E-state index contributed by atoms with van der Waals surface area (Å²) in [4.78, 5) is 22.7. The molecular weight excluding hydrogens is 565 g/mol. The zero-order valence-corrected chi connectivity index (χ0v) is 21.5. The molecule has 2 atom stereocenters. The minimum Gasteiger partial charge on any atom is -0.374 e. The highest BCUT2D eigenvalue weighted by Gasteiger charge is 2.62. The molecule has 0 bridgehead atoms. The first kappa shape index (κ1) is 27.6. The van der Waals surface area contributed by atoms with Crippen LogP contribution in [0.25, 0.3) is 0 Å². The highest BCUT2D eigenvalue weighted by molar-refractivity contribution is 7.88. The van der Waals surface area contributed by atoms with Gasteiger partial charge in [-0.3, -0.25) is 9.63 Å². The molecule has 0 unspecified atom stereocenters. The van der Waals surface area contributed by atoms with E-state index in [2.05, 4.69) is 10.5 Å². The van der Waals surface area contributed by atoms with Gasteiger partial charge in [-0.25, -0.2) is 12.8 Å². The fraction of sp³-hybridized carbons (Fsp3) is 0.364. The average Bonchev–Trinajstić information content (AvgIpc) is 3.45. The van der Waals surface area contributed by atoms with Crippen LogP contribution in [0.1, 0.15) is 33.5 Å². The number of nitrogens with one attached hydrogen (secondary N) is 1. The summed E-state index contributed by atoms with van der Waals surface area (Å²) in [6.07, 6.45) is -4.73. The maximum atomic E-state index is 14.2. The van der Waals surface area contributed by atoms with E-state index in [4.69, 9.17) is 32.9 Å². The molecule has 8 nitrogen and oxygen atoms in total. The quantitative estimate of drug-likeness (QED) is 0.417. The number of alkyl halides is 3. The second kappa shape index (κ2) is 9.70. The Morgan fingerprint density at radius 3 is 2.41 bits per heavy atom. The lowest BCUT2D eigenvalue weighted by Crippen LogP contribution is -2.42. The molecule has 2 aliphatic rings. The Hall–Kier alpha value is -2.45. The van der Waals surface area contributed by atoms with Crippen molar-refractivity contribution in [1.82, 2.24) is 9.79 Å². The summed E-state index contributed by atoms with van der Waals surface area (Å²) >= 11 is 11.4. The van der Waals surface area contributed by atoms with Crippen molar-refractivity contribution >= 4 is 44.8 Å². The monoisotopic (exact) mass is 583 g/mol. The third-order valence-electron chi connectivity index (χ3n) is 5.93. The Balaban J connectivity index is 1.54. The molecule has 200 valence electrons. The zero-order valence-electron chi connectivity index (χ0n) is 19.2. The number of rotatable bonds is 5. The molecule has 2 aliphatic heterocycles. The molecule has 1 N–H and O–H groups in total. The number of benzene rings is 2. The number of hydroxylamine groups is 1. The number of carbonyl (C=O) groups is 1. The minimum absolute atomic E-state index is 0.0406. The smallest absolute Gasteiger partial charge is 0.374 e. The molecule has 2 aromatic rings. The third-order valence-corrected chi connectivity index (χ3v) is 7.48. The Morgan fingerprint density at radius 1 is 1.22 bits per heavy atom. The van der Waals surface area contributed by atoms with E-state index in [1.54, 1.807) is 6.92 Å². The summed E-state index contributed by atoms with van der Waals surface area (Å²) in [6, 6.07) is 5.30. The predicted molar refractivity (Wildman–Crippen MR) is 126 cm³/mol. The van der Waals surface area contributed by atoms with Crippen LogP contribution in [0.4, 0.5) is 17.6 Å². The summed E-state index contributed by atoms with van der Waals surface area (Å²) in [6.45, 7) is 1.48. The molecule has 37 heavy (non-hydrogen) atoms. The average molecular weight is 584 g/mol. The Kier molecular flexibility index (Phi) is 7.23. The summed E-state index contributed by atoms with van der Waals surface area (Å²) in [5.74, 6) is -1.57. The molecule has 1 fully saturated rings. The maximum absolute atomic E-state index is 14.2. The number of oxime groups is 1. The lowest BCUT2D eigenvalue weighted by atomic mass is 9.86. The van der Waals surface area contributed by atoms with Crippen molar-refractivity contribution < 1.29 is 40.4 Å². The van der Waals surface area contributed by atoms with E-state index < -0.39 is 61.6 Å². The van der Waals surface area contributed by atoms with Gasteiger partial charge in [-0.05, 0) is 42.3 Å². The van der Waals surface area contributed by atoms with Crippen molar-refractivity contribution in [2.75, 3.05) is 19.4 Å². The number of aryl methyl sites for hydroxylation is 1. The summed E-state index contributed by atoms with van der Waals surface area (Å²) in [5, 5.41) is 5.13. The molecule has 0 radical (unpaired) electrons.